The monoisotopic (exact) mass is 318 g/mol. The third kappa shape index (κ3) is 4.74. The summed E-state index contributed by atoms with van der Waals surface area (Å²) in [5, 5.41) is 16.2. The molecule has 0 aromatic carbocycles. The van der Waals surface area contributed by atoms with E-state index in [1.807, 2.05) is 17.7 Å². The highest BCUT2D eigenvalue weighted by atomic mass is 16.5. The molecule has 0 saturated heterocycles. The fourth-order valence-corrected chi connectivity index (χ4v) is 2.46. The molecule has 126 valence electrons. The summed E-state index contributed by atoms with van der Waals surface area (Å²) in [6.07, 6.45) is 6.62. The number of aromatic nitrogens is 5. The Kier molecular flexibility index (Phi) is 6.49. The van der Waals surface area contributed by atoms with Crippen molar-refractivity contribution in [1.29, 1.82) is 0 Å². The molecule has 2 heterocycles. The van der Waals surface area contributed by atoms with Crippen molar-refractivity contribution in [3.05, 3.63) is 42.3 Å². The summed E-state index contributed by atoms with van der Waals surface area (Å²) in [7, 11) is 1.71. The van der Waals surface area contributed by atoms with Crippen LogP contribution in [0.5, 0.6) is 0 Å². The summed E-state index contributed by atoms with van der Waals surface area (Å²) in [5.74, 6) is 0.942. The van der Waals surface area contributed by atoms with Crippen molar-refractivity contribution in [3.63, 3.8) is 0 Å². The van der Waals surface area contributed by atoms with E-state index in [4.69, 9.17) is 4.74 Å². The van der Waals surface area contributed by atoms with Crippen LogP contribution >= 0.6 is 0 Å². The Bertz CT molecular complexity index is 618. The Labute approximate surface area is 137 Å². The molecule has 0 fully saturated rings. The highest BCUT2D eigenvalue weighted by Gasteiger charge is 2.14. The molecule has 0 radical (unpaired) electrons. The number of allylic oxidation sites excluding steroid dienone is 1. The summed E-state index contributed by atoms with van der Waals surface area (Å²) >= 11 is 0. The van der Waals surface area contributed by atoms with Gasteiger partial charge in [-0.25, -0.2) is 0 Å². The van der Waals surface area contributed by atoms with Crippen LogP contribution in [0.4, 0.5) is 0 Å². The fourth-order valence-electron chi connectivity index (χ4n) is 2.46. The van der Waals surface area contributed by atoms with Crippen molar-refractivity contribution in [3.8, 4) is 0 Å². The third-order valence-electron chi connectivity index (χ3n) is 3.74. The summed E-state index contributed by atoms with van der Waals surface area (Å²) < 4.78 is 9.07. The standard InChI is InChI=1S/C16H26N6O/c1-5-7-22-11-15(13(2)20-22)10-17-14(3)16-19-18-12-21(16)8-6-9-23-4/h5,11-12,14,17H,1,6-10H2,2-4H3. The Hall–Kier alpha value is -1.99. The van der Waals surface area contributed by atoms with Crippen LogP contribution in [0.15, 0.2) is 25.2 Å². The van der Waals surface area contributed by atoms with Crippen molar-refractivity contribution in [2.75, 3.05) is 13.7 Å². The Morgan fingerprint density at radius 1 is 1.48 bits per heavy atom. The highest BCUT2D eigenvalue weighted by molar-refractivity contribution is 5.15. The predicted molar refractivity (Wildman–Crippen MR) is 88.9 cm³/mol. The average Bonchev–Trinajstić information content (AvgIpc) is 3.12. The largest absolute Gasteiger partial charge is 0.385 e. The van der Waals surface area contributed by atoms with E-state index in [9.17, 15) is 0 Å². The zero-order valence-corrected chi connectivity index (χ0v) is 14.2. The number of hydrogen-bond acceptors (Lipinski definition) is 5. The van der Waals surface area contributed by atoms with Crippen LogP contribution in [0.3, 0.4) is 0 Å². The molecule has 0 aliphatic carbocycles. The van der Waals surface area contributed by atoms with Gasteiger partial charge in [-0.2, -0.15) is 5.10 Å². The number of nitrogens with one attached hydrogen (secondary N) is 1. The van der Waals surface area contributed by atoms with Crippen molar-refractivity contribution in [2.45, 2.75) is 45.9 Å². The molecular formula is C16H26N6O. The van der Waals surface area contributed by atoms with Gasteiger partial charge >= 0.3 is 0 Å². The lowest BCUT2D eigenvalue weighted by Crippen LogP contribution is -2.22. The van der Waals surface area contributed by atoms with Gasteiger partial charge in [-0.1, -0.05) is 6.08 Å². The number of ether oxygens (including phenoxy) is 1. The molecule has 0 spiro atoms. The molecule has 2 aromatic rings. The molecule has 0 bridgehead atoms. The highest BCUT2D eigenvalue weighted by Crippen LogP contribution is 2.12. The first-order valence-electron chi connectivity index (χ1n) is 7.89. The molecule has 7 nitrogen and oxygen atoms in total. The maximum atomic E-state index is 5.10. The molecule has 23 heavy (non-hydrogen) atoms. The molecule has 2 aromatic heterocycles. The van der Waals surface area contributed by atoms with Gasteiger partial charge in [0, 0.05) is 38.6 Å². The molecule has 0 amide bonds. The second-order valence-corrected chi connectivity index (χ2v) is 5.58. The lowest BCUT2D eigenvalue weighted by molar-refractivity contribution is 0.189. The van der Waals surface area contributed by atoms with Crippen LogP contribution in [0.25, 0.3) is 0 Å². The van der Waals surface area contributed by atoms with E-state index < -0.39 is 0 Å². The van der Waals surface area contributed by atoms with E-state index in [0.29, 0.717) is 0 Å². The van der Waals surface area contributed by atoms with Gasteiger partial charge < -0.3 is 14.6 Å². The Balaban J connectivity index is 1.93. The molecule has 0 aliphatic heterocycles. The lowest BCUT2D eigenvalue weighted by Gasteiger charge is -2.14. The quantitative estimate of drug-likeness (QED) is 0.535. The maximum Gasteiger partial charge on any atom is 0.149 e. The smallest absolute Gasteiger partial charge is 0.149 e. The minimum atomic E-state index is 0.113. The number of rotatable bonds is 10. The molecule has 1 N–H and O–H groups in total. The van der Waals surface area contributed by atoms with Crippen LogP contribution in [0.1, 0.15) is 36.5 Å². The second-order valence-electron chi connectivity index (χ2n) is 5.58. The van der Waals surface area contributed by atoms with Gasteiger partial charge in [0.1, 0.15) is 12.2 Å². The molecule has 0 aliphatic rings. The van der Waals surface area contributed by atoms with Crippen molar-refractivity contribution < 1.29 is 4.74 Å². The SMILES string of the molecule is C=CCn1cc(CNC(C)c2nncn2CCCOC)c(C)n1. The van der Waals surface area contributed by atoms with E-state index in [1.165, 1.54) is 5.56 Å². The van der Waals surface area contributed by atoms with Crippen molar-refractivity contribution >= 4 is 0 Å². The summed E-state index contributed by atoms with van der Waals surface area (Å²) in [6.45, 7) is 10.9. The van der Waals surface area contributed by atoms with E-state index in [0.717, 1.165) is 44.2 Å². The molecule has 1 unspecified atom stereocenters. The van der Waals surface area contributed by atoms with Crippen LogP contribution in [0.2, 0.25) is 0 Å². The minimum Gasteiger partial charge on any atom is -0.385 e. The predicted octanol–water partition coefficient (Wildman–Crippen LogP) is 1.86. The molecule has 7 heteroatoms. The van der Waals surface area contributed by atoms with Gasteiger partial charge in [-0.05, 0) is 20.3 Å². The first kappa shape index (κ1) is 17.4. The first-order valence-corrected chi connectivity index (χ1v) is 7.89. The maximum absolute atomic E-state index is 5.10. The zero-order chi connectivity index (χ0) is 16.7. The number of hydrogen-bond donors (Lipinski definition) is 1. The fraction of sp³-hybridized carbons (Fsp3) is 0.562. The van der Waals surface area contributed by atoms with Gasteiger partial charge in [-0.15, -0.1) is 16.8 Å². The van der Waals surface area contributed by atoms with Crippen molar-refractivity contribution in [1.82, 2.24) is 29.9 Å². The van der Waals surface area contributed by atoms with Crippen LogP contribution in [0, 0.1) is 6.92 Å². The van der Waals surface area contributed by atoms with Gasteiger partial charge in [0.25, 0.3) is 0 Å². The van der Waals surface area contributed by atoms with Crippen LogP contribution in [-0.2, 0) is 24.4 Å². The topological polar surface area (TPSA) is 69.8 Å². The van der Waals surface area contributed by atoms with Crippen LogP contribution < -0.4 is 5.32 Å². The Morgan fingerprint density at radius 3 is 3.04 bits per heavy atom. The minimum absolute atomic E-state index is 0.113. The van der Waals surface area contributed by atoms with Gasteiger partial charge in [0.15, 0.2) is 0 Å². The van der Waals surface area contributed by atoms with E-state index in [-0.39, 0.29) is 6.04 Å². The zero-order valence-electron chi connectivity index (χ0n) is 14.2. The Morgan fingerprint density at radius 2 is 2.30 bits per heavy atom. The third-order valence-corrected chi connectivity index (χ3v) is 3.74. The second kappa shape index (κ2) is 8.59. The number of methoxy groups -OCH3 is 1. The molecule has 1 atom stereocenters. The van der Waals surface area contributed by atoms with Gasteiger partial charge in [-0.3, -0.25) is 4.68 Å². The lowest BCUT2D eigenvalue weighted by atomic mass is 10.2. The number of nitrogens with zero attached hydrogens (tertiary/aromatic N) is 5. The molecule has 0 saturated carbocycles. The van der Waals surface area contributed by atoms with Crippen LogP contribution in [-0.4, -0.2) is 38.3 Å². The molecular weight excluding hydrogens is 292 g/mol. The van der Waals surface area contributed by atoms with Crippen molar-refractivity contribution in [2.24, 2.45) is 0 Å². The van der Waals surface area contributed by atoms with Gasteiger partial charge in [0.05, 0.1) is 18.3 Å². The number of aryl methyl sites for hydroxylation is 2. The first-order chi connectivity index (χ1) is 11.2. The van der Waals surface area contributed by atoms with E-state index in [2.05, 4.69) is 44.9 Å². The molecule has 2 rings (SSSR count). The summed E-state index contributed by atoms with van der Waals surface area (Å²) in [4.78, 5) is 0. The summed E-state index contributed by atoms with van der Waals surface area (Å²) in [6, 6.07) is 0.113. The summed E-state index contributed by atoms with van der Waals surface area (Å²) in [5.41, 5.74) is 2.22. The normalized spacial score (nSPS) is 12.5. The van der Waals surface area contributed by atoms with E-state index in [1.54, 1.807) is 13.4 Å². The average molecular weight is 318 g/mol. The van der Waals surface area contributed by atoms with E-state index >= 15 is 0 Å². The van der Waals surface area contributed by atoms with Gasteiger partial charge in [0.2, 0.25) is 0 Å².